The van der Waals surface area contributed by atoms with Gasteiger partial charge in [-0.3, -0.25) is 38.4 Å². The molecule has 3 fully saturated rings. The molecule has 21 nitrogen and oxygen atoms in total. The van der Waals surface area contributed by atoms with Crippen molar-refractivity contribution < 1.29 is 38.4 Å². The number of hydrogen-bond acceptors (Lipinski definition) is 13. The Balaban J connectivity index is 1.16. The molecule has 4 aromatic heterocycles. The summed E-state index contributed by atoms with van der Waals surface area (Å²) in [7, 11) is 0. The van der Waals surface area contributed by atoms with Crippen LogP contribution in [0.4, 0.5) is 0 Å². The van der Waals surface area contributed by atoms with E-state index in [1.165, 1.54) is 4.90 Å². The van der Waals surface area contributed by atoms with E-state index in [4.69, 9.17) is 17.2 Å². The minimum atomic E-state index is -1.56. The van der Waals surface area contributed by atoms with Crippen molar-refractivity contribution in [3.63, 3.8) is 0 Å². The molecule has 8 amide bonds. The average Bonchev–Trinajstić information content (AvgIpc) is 4.22. The Hall–Kier alpha value is -6.98. The van der Waals surface area contributed by atoms with Gasteiger partial charge in [0.1, 0.15) is 35.9 Å². The molecule has 6 heterocycles. The molecule has 0 spiro atoms. The number of aromatic nitrogens is 4. The van der Waals surface area contributed by atoms with Crippen molar-refractivity contribution in [1.29, 1.82) is 0 Å². The highest BCUT2D eigenvalue weighted by Gasteiger charge is 2.46. The lowest BCUT2D eigenvalue weighted by atomic mass is 9.83. The topological polar surface area (TPSA) is 325 Å². The molecule has 2 aliphatic heterocycles. The van der Waals surface area contributed by atoms with E-state index < -0.39 is 108 Å². The summed E-state index contributed by atoms with van der Waals surface area (Å²) >= 11 is 3.17. The second-order valence-corrected chi connectivity index (χ2v) is 20.5. The van der Waals surface area contributed by atoms with Crippen molar-refractivity contribution in [3.8, 4) is 20.3 Å². The second-order valence-electron chi connectivity index (χ2n) is 18.5. The van der Waals surface area contributed by atoms with Gasteiger partial charge in [-0.2, -0.15) is 0 Å². The van der Waals surface area contributed by atoms with E-state index in [2.05, 4.69) is 41.9 Å². The molecule has 0 bridgehead atoms. The Morgan fingerprint density at radius 1 is 0.775 bits per heavy atom. The first-order chi connectivity index (χ1) is 34.2. The van der Waals surface area contributed by atoms with E-state index in [0.29, 0.717) is 36.9 Å². The van der Waals surface area contributed by atoms with Gasteiger partial charge in [-0.1, -0.05) is 48.7 Å². The van der Waals surface area contributed by atoms with Crippen molar-refractivity contribution in [2.75, 3.05) is 13.1 Å². The predicted molar refractivity (Wildman–Crippen MR) is 265 cm³/mol. The lowest BCUT2D eigenvalue weighted by Gasteiger charge is -2.35. The molecular formula is C48H59N13O8S2. The number of carbonyl (C=O) groups excluding carboxylic acids is 8. The molecule has 23 heteroatoms. The van der Waals surface area contributed by atoms with Crippen LogP contribution in [0, 0.1) is 5.92 Å². The summed E-state index contributed by atoms with van der Waals surface area (Å²) in [4.78, 5) is 118. The number of thiophene rings is 2. The molecule has 12 N–H and O–H groups in total. The summed E-state index contributed by atoms with van der Waals surface area (Å²) in [5.74, 6) is -6.46. The Kier molecular flexibility index (Phi) is 16.2. The number of hydrogen-bond donors (Lipinski definition) is 9. The maximum atomic E-state index is 15.4. The molecule has 1 aliphatic carbocycles. The van der Waals surface area contributed by atoms with Crippen LogP contribution in [0.2, 0.25) is 0 Å². The van der Waals surface area contributed by atoms with Crippen LogP contribution in [0.15, 0.2) is 66.3 Å². The van der Waals surface area contributed by atoms with Gasteiger partial charge in [0.25, 0.3) is 0 Å². The van der Waals surface area contributed by atoms with E-state index in [1.807, 2.05) is 53.9 Å². The number of amides is 8. The fourth-order valence-electron chi connectivity index (χ4n) is 9.68. The summed E-state index contributed by atoms with van der Waals surface area (Å²) in [6.07, 6.45) is 6.72. The van der Waals surface area contributed by atoms with Crippen molar-refractivity contribution in [2.45, 2.75) is 119 Å². The third kappa shape index (κ3) is 12.3. The number of H-pyrrole nitrogens is 1. The number of nitrogens with one attached hydrogen (secondary N) is 6. The second kappa shape index (κ2) is 22.8. The molecule has 8 rings (SSSR count). The van der Waals surface area contributed by atoms with Crippen LogP contribution in [-0.4, -0.2) is 121 Å². The number of nitrogens with two attached hydrogens (primary N) is 3. The van der Waals surface area contributed by atoms with Gasteiger partial charge in [0.15, 0.2) is 0 Å². The average molecular weight is 1010 g/mol. The lowest BCUT2D eigenvalue weighted by molar-refractivity contribution is -0.144. The molecule has 71 heavy (non-hydrogen) atoms. The van der Waals surface area contributed by atoms with Gasteiger partial charge in [0.05, 0.1) is 36.0 Å². The maximum absolute atomic E-state index is 15.4. The summed E-state index contributed by atoms with van der Waals surface area (Å²) in [5, 5.41) is 25.4. The largest absolute Gasteiger partial charge is 0.370 e. The highest BCUT2D eigenvalue weighted by atomic mass is 32.1. The quantitative estimate of drug-likeness (QED) is 0.102. The third-order valence-electron chi connectivity index (χ3n) is 13.5. The Bertz CT molecular complexity index is 2750. The van der Waals surface area contributed by atoms with Crippen LogP contribution < -0.4 is 43.8 Å². The first-order valence-electron chi connectivity index (χ1n) is 23.9. The molecule has 1 saturated carbocycles. The Labute approximate surface area is 416 Å². The first-order valence-corrected chi connectivity index (χ1v) is 25.6. The van der Waals surface area contributed by atoms with Crippen molar-refractivity contribution in [3.05, 3.63) is 71.9 Å². The first kappa shape index (κ1) is 50.4. The highest BCUT2D eigenvalue weighted by Crippen LogP contribution is 2.37. The highest BCUT2D eigenvalue weighted by molar-refractivity contribution is 7.23. The van der Waals surface area contributed by atoms with Crippen molar-refractivity contribution >= 4 is 80.8 Å². The van der Waals surface area contributed by atoms with E-state index in [9.17, 15) is 28.8 Å². The Morgan fingerprint density at radius 3 is 2.28 bits per heavy atom. The summed E-state index contributed by atoms with van der Waals surface area (Å²) in [6.45, 7) is 0.0829. The number of carbonyl (C=O) groups is 8. The minimum absolute atomic E-state index is 0.0141. The van der Waals surface area contributed by atoms with E-state index in [-0.39, 0.29) is 32.4 Å². The fourth-order valence-corrected chi connectivity index (χ4v) is 11.5. The van der Waals surface area contributed by atoms with Crippen molar-refractivity contribution in [1.82, 2.24) is 51.5 Å². The summed E-state index contributed by atoms with van der Waals surface area (Å²) in [6, 6.07) is 6.99. The number of fused-ring (bicyclic) bond motifs is 2. The van der Waals surface area contributed by atoms with Gasteiger partial charge in [-0.25, -0.2) is 4.68 Å². The van der Waals surface area contributed by atoms with Crippen molar-refractivity contribution in [2.24, 2.45) is 23.1 Å². The number of para-hydroxylation sites is 1. The molecule has 1 aromatic carbocycles. The molecular weight excluding hydrogens is 951 g/mol. The number of primary amides is 2. The number of aromatic amines is 1. The monoisotopic (exact) mass is 1010 g/mol. The van der Waals surface area contributed by atoms with Gasteiger partial charge >= 0.3 is 0 Å². The summed E-state index contributed by atoms with van der Waals surface area (Å²) < 4.78 is 1.62. The number of rotatable bonds is 9. The van der Waals surface area contributed by atoms with E-state index >= 15 is 9.59 Å². The fraction of sp³-hybridized carbons (Fsp3) is 0.458. The zero-order valence-electron chi connectivity index (χ0n) is 39.0. The number of nitrogens with zero attached hydrogens (tertiary/aromatic N) is 4. The van der Waals surface area contributed by atoms with Gasteiger partial charge in [-0.05, 0) is 73.2 Å². The normalized spacial score (nSPS) is 25.1. The van der Waals surface area contributed by atoms with Gasteiger partial charge < -0.3 is 53.7 Å². The Morgan fingerprint density at radius 2 is 1.52 bits per heavy atom. The van der Waals surface area contributed by atoms with Crippen LogP contribution >= 0.6 is 22.7 Å². The van der Waals surface area contributed by atoms with Crippen LogP contribution in [0.25, 0.3) is 31.2 Å². The molecule has 0 radical (unpaired) electrons. The summed E-state index contributed by atoms with van der Waals surface area (Å²) in [5.41, 5.74) is 19.6. The zero-order chi connectivity index (χ0) is 50.2. The van der Waals surface area contributed by atoms with Gasteiger partial charge in [0.2, 0.25) is 47.3 Å². The molecule has 3 aliphatic rings. The van der Waals surface area contributed by atoms with Gasteiger partial charge in [-0.15, -0.1) is 27.8 Å². The SMILES string of the molecule is NC(=O)C[C@@H]1NC(=O)[C@@H](N)CC(=O)NCCCC[C@@H](C(N)=O)NC(=O)[C@H](Cc2c[nH]c3ccccc23)NC(=O)[C@@H]2C[C@H](n3cc(-c4ccc(-c5cccs5)s4)nn3)CN2C(=O)[C@H](C2CCCCC2)NC1=O. The predicted octanol–water partition coefficient (Wildman–Crippen LogP) is 1.50. The van der Waals surface area contributed by atoms with E-state index in [0.717, 1.165) is 44.8 Å². The molecule has 376 valence electrons. The zero-order valence-corrected chi connectivity index (χ0v) is 40.6. The molecule has 2 saturated heterocycles. The van der Waals surface area contributed by atoms with Gasteiger partial charge in [0, 0.05) is 52.8 Å². The molecule has 5 aromatic rings. The van der Waals surface area contributed by atoms with Crippen LogP contribution in [-0.2, 0) is 44.8 Å². The van der Waals surface area contributed by atoms with E-state index in [1.54, 1.807) is 39.7 Å². The lowest BCUT2D eigenvalue weighted by Crippen LogP contribution is -2.61. The maximum Gasteiger partial charge on any atom is 0.246 e. The van der Waals surface area contributed by atoms with Crippen LogP contribution in [0.3, 0.4) is 0 Å². The third-order valence-corrected chi connectivity index (χ3v) is 15.6. The molecule has 7 atom stereocenters. The standard InChI is InChI=1S/C48H59N13O8S2/c49-30-21-41(63)52-17-7-6-13-32(43(51)64)54-45(66)33(19-27-23-53-31-12-5-4-11-29(27)31)56-47(68)36-20-28(61-25-35(58-59-61)37-15-16-39(71-37)38-14-8-18-70-38)24-60(36)48(69)42(26-9-2-1-3-10-26)57-46(67)34(22-40(50)62)55-44(30)65/h4-5,8,11-12,14-16,18,23,25-26,28,30,32-34,36,42,53H,1-3,6-7,9-10,13,17,19-22,24,49H2,(H2,50,62)(H2,51,64)(H,52,63)(H,54,66)(H,55,65)(H,56,68)(H,57,67)/t28-,30-,32-,33-,34-,36-,42-/m0/s1. The number of benzene rings is 1. The molecule has 0 unspecified atom stereocenters. The van der Waals surface area contributed by atoms with Crippen LogP contribution in [0.1, 0.15) is 82.2 Å². The van der Waals surface area contributed by atoms with Crippen LogP contribution in [0.5, 0.6) is 0 Å². The minimum Gasteiger partial charge on any atom is -0.370 e. The smallest absolute Gasteiger partial charge is 0.246 e.